The number of hydrogen-bond acceptors (Lipinski definition) is 4. The fraction of sp³-hybridized carbons (Fsp3) is 0.231. The maximum absolute atomic E-state index is 12.7. The largest absolute Gasteiger partial charge is 0.488 e. The van der Waals surface area contributed by atoms with Crippen molar-refractivity contribution in [2.75, 3.05) is 5.32 Å². The van der Waals surface area contributed by atoms with Crippen molar-refractivity contribution in [3.05, 3.63) is 98.4 Å². The summed E-state index contributed by atoms with van der Waals surface area (Å²) in [5.74, 6) is 1.29. The van der Waals surface area contributed by atoms with Gasteiger partial charge in [-0.25, -0.2) is 0 Å². The molecule has 4 aromatic rings. The molecule has 5 nitrogen and oxygen atoms in total. The Kier molecular flexibility index (Phi) is 6.42. The summed E-state index contributed by atoms with van der Waals surface area (Å²) in [7, 11) is 0. The second-order valence-electron chi connectivity index (χ2n) is 8.17. The summed E-state index contributed by atoms with van der Waals surface area (Å²) in [5.41, 5.74) is 6.84. The minimum atomic E-state index is -0.162. The van der Waals surface area contributed by atoms with Crippen LogP contribution in [0.4, 0.5) is 5.82 Å². The molecule has 0 bridgehead atoms. The first-order valence-electron chi connectivity index (χ1n) is 10.6. The molecule has 0 aliphatic heterocycles. The molecular formula is C26H27N3O2S. The molecule has 1 N–H and O–H groups in total. The van der Waals surface area contributed by atoms with Gasteiger partial charge in [0.15, 0.2) is 5.82 Å². The number of thiophene rings is 1. The van der Waals surface area contributed by atoms with E-state index in [1.807, 2.05) is 28.4 Å². The minimum Gasteiger partial charge on any atom is -0.488 e. The van der Waals surface area contributed by atoms with E-state index in [0.29, 0.717) is 23.8 Å². The van der Waals surface area contributed by atoms with Gasteiger partial charge in [0.1, 0.15) is 12.4 Å². The molecule has 0 atom stereocenters. The van der Waals surface area contributed by atoms with E-state index in [1.54, 1.807) is 0 Å². The molecule has 0 saturated carbocycles. The second-order valence-corrected chi connectivity index (χ2v) is 9.09. The SMILES string of the molecule is Cc1ccc(Cn2ccc(NC(=O)c3cc(COc4c(C)cc(C)cc4C)cs3)n2)cc1. The van der Waals surface area contributed by atoms with Crippen molar-refractivity contribution in [2.45, 2.75) is 40.8 Å². The monoisotopic (exact) mass is 445 g/mol. The van der Waals surface area contributed by atoms with Gasteiger partial charge < -0.3 is 10.1 Å². The molecule has 6 heteroatoms. The number of carbonyl (C=O) groups is 1. The lowest BCUT2D eigenvalue weighted by Crippen LogP contribution is -2.11. The Morgan fingerprint density at radius 2 is 1.69 bits per heavy atom. The topological polar surface area (TPSA) is 56.2 Å². The van der Waals surface area contributed by atoms with Crippen LogP contribution in [0, 0.1) is 27.7 Å². The van der Waals surface area contributed by atoms with Crippen molar-refractivity contribution in [1.29, 1.82) is 0 Å². The lowest BCUT2D eigenvalue weighted by atomic mass is 10.1. The predicted octanol–water partition coefficient (Wildman–Crippen LogP) is 6.06. The number of amides is 1. The van der Waals surface area contributed by atoms with Crippen LogP contribution in [0.2, 0.25) is 0 Å². The number of benzene rings is 2. The van der Waals surface area contributed by atoms with E-state index in [1.165, 1.54) is 28.0 Å². The number of aryl methyl sites for hydroxylation is 4. The summed E-state index contributed by atoms with van der Waals surface area (Å²) in [6.07, 6.45) is 1.87. The van der Waals surface area contributed by atoms with Crippen LogP contribution < -0.4 is 10.1 Å². The molecule has 32 heavy (non-hydrogen) atoms. The van der Waals surface area contributed by atoms with Crippen molar-refractivity contribution in [3.63, 3.8) is 0 Å². The Bertz CT molecular complexity index is 1220. The predicted molar refractivity (Wildman–Crippen MR) is 130 cm³/mol. The Morgan fingerprint density at radius 1 is 0.969 bits per heavy atom. The van der Waals surface area contributed by atoms with Gasteiger partial charge in [-0.2, -0.15) is 5.10 Å². The van der Waals surface area contributed by atoms with Crippen molar-refractivity contribution < 1.29 is 9.53 Å². The highest BCUT2D eigenvalue weighted by Crippen LogP contribution is 2.26. The third kappa shape index (κ3) is 5.26. The van der Waals surface area contributed by atoms with E-state index in [-0.39, 0.29) is 5.91 Å². The summed E-state index contributed by atoms with van der Waals surface area (Å²) >= 11 is 1.41. The third-order valence-electron chi connectivity index (χ3n) is 5.21. The maximum Gasteiger partial charge on any atom is 0.266 e. The highest BCUT2D eigenvalue weighted by Gasteiger charge is 2.12. The molecule has 0 spiro atoms. The molecule has 0 saturated heterocycles. The zero-order valence-corrected chi connectivity index (χ0v) is 19.6. The molecule has 1 amide bonds. The van der Waals surface area contributed by atoms with Crippen molar-refractivity contribution >= 4 is 23.1 Å². The first kappa shape index (κ1) is 21.8. The van der Waals surface area contributed by atoms with Gasteiger partial charge in [0.2, 0.25) is 0 Å². The minimum absolute atomic E-state index is 0.162. The fourth-order valence-corrected chi connectivity index (χ4v) is 4.49. The van der Waals surface area contributed by atoms with Crippen LogP contribution in [0.15, 0.2) is 60.1 Å². The van der Waals surface area contributed by atoms with Gasteiger partial charge in [0.25, 0.3) is 5.91 Å². The molecule has 4 rings (SSSR count). The molecule has 0 unspecified atom stereocenters. The van der Waals surface area contributed by atoms with Gasteiger partial charge in [0.05, 0.1) is 11.4 Å². The summed E-state index contributed by atoms with van der Waals surface area (Å²) in [5, 5.41) is 9.31. The number of anilines is 1. The van der Waals surface area contributed by atoms with Crippen molar-refractivity contribution in [3.8, 4) is 5.75 Å². The van der Waals surface area contributed by atoms with Crippen LogP contribution in [0.1, 0.15) is 43.1 Å². The number of nitrogens with zero attached hydrogens (tertiary/aromatic N) is 2. The Morgan fingerprint density at radius 3 is 2.41 bits per heavy atom. The van der Waals surface area contributed by atoms with Gasteiger partial charge in [-0.3, -0.25) is 9.48 Å². The molecule has 164 valence electrons. The van der Waals surface area contributed by atoms with Crippen LogP contribution in [0.3, 0.4) is 0 Å². The molecule has 0 radical (unpaired) electrons. The highest BCUT2D eigenvalue weighted by molar-refractivity contribution is 7.12. The number of aromatic nitrogens is 2. The molecular weight excluding hydrogens is 418 g/mol. The van der Waals surface area contributed by atoms with Crippen LogP contribution in [-0.4, -0.2) is 15.7 Å². The molecule has 0 aliphatic carbocycles. The Hall–Kier alpha value is -3.38. The molecule has 2 heterocycles. The van der Waals surface area contributed by atoms with E-state index < -0.39 is 0 Å². The molecule has 2 aromatic carbocycles. The first-order chi connectivity index (χ1) is 15.4. The van der Waals surface area contributed by atoms with Crippen molar-refractivity contribution in [2.24, 2.45) is 0 Å². The van der Waals surface area contributed by atoms with Gasteiger partial charge >= 0.3 is 0 Å². The lowest BCUT2D eigenvalue weighted by molar-refractivity contribution is 0.103. The van der Waals surface area contributed by atoms with E-state index >= 15 is 0 Å². The van der Waals surface area contributed by atoms with Crippen LogP contribution in [0.5, 0.6) is 5.75 Å². The Balaban J connectivity index is 1.35. The number of rotatable bonds is 7. The molecule has 0 aliphatic rings. The summed E-state index contributed by atoms with van der Waals surface area (Å²) in [6, 6.07) is 16.3. The Labute approximate surface area is 192 Å². The lowest BCUT2D eigenvalue weighted by Gasteiger charge is -2.12. The van der Waals surface area contributed by atoms with Gasteiger partial charge in [0, 0.05) is 17.8 Å². The van der Waals surface area contributed by atoms with E-state index in [4.69, 9.17) is 4.74 Å². The molecule has 0 fully saturated rings. The average molecular weight is 446 g/mol. The maximum atomic E-state index is 12.7. The number of carbonyl (C=O) groups excluding carboxylic acids is 1. The first-order valence-corrected chi connectivity index (χ1v) is 11.4. The zero-order chi connectivity index (χ0) is 22.7. The summed E-state index contributed by atoms with van der Waals surface area (Å²) in [4.78, 5) is 13.3. The standard InChI is InChI=1S/C26H27N3O2S/c1-17-5-7-21(8-6-17)14-29-10-9-24(28-29)27-26(30)23-13-22(16-32-23)15-31-25-19(3)11-18(2)12-20(25)4/h5-13,16H,14-15H2,1-4H3,(H,27,28,30). The number of ether oxygens (including phenoxy) is 1. The van der Waals surface area contributed by atoms with E-state index in [2.05, 4.69) is 74.5 Å². The normalized spacial score (nSPS) is 10.9. The second kappa shape index (κ2) is 9.40. The fourth-order valence-electron chi connectivity index (χ4n) is 3.70. The van der Waals surface area contributed by atoms with Crippen LogP contribution in [0.25, 0.3) is 0 Å². The number of nitrogens with one attached hydrogen (secondary N) is 1. The van der Waals surface area contributed by atoms with Gasteiger partial charge in [-0.1, -0.05) is 47.5 Å². The highest BCUT2D eigenvalue weighted by atomic mass is 32.1. The van der Waals surface area contributed by atoms with E-state index in [9.17, 15) is 4.79 Å². The van der Waals surface area contributed by atoms with E-state index in [0.717, 1.165) is 22.4 Å². The smallest absolute Gasteiger partial charge is 0.266 e. The molecule has 2 aromatic heterocycles. The quantitative estimate of drug-likeness (QED) is 0.376. The summed E-state index contributed by atoms with van der Waals surface area (Å²) in [6.45, 7) is 9.35. The number of hydrogen-bond donors (Lipinski definition) is 1. The van der Waals surface area contributed by atoms with Crippen molar-refractivity contribution in [1.82, 2.24) is 9.78 Å². The summed E-state index contributed by atoms with van der Waals surface area (Å²) < 4.78 is 7.87. The van der Waals surface area contributed by atoms with Gasteiger partial charge in [-0.15, -0.1) is 11.3 Å². The third-order valence-corrected chi connectivity index (χ3v) is 6.19. The van der Waals surface area contributed by atoms with Gasteiger partial charge in [-0.05, 0) is 55.8 Å². The zero-order valence-electron chi connectivity index (χ0n) is 18.8. The van der Waals surface area contributed by atoms with Crippen LogP contribution >= 0.6 is 11.3 Å². The van der Waals surface area contributed by atoms with Crippen LogP contribution in [-0.2, 0) is 13.2 Å². The average Bonchev–Trinajstić information content (AvgIpc) is 3.38.